The first-order chi connectivity index (χ1) is 10.9. The van der Waals surface area contributed by atoms with Gasteiger partial charge in [0.05, 0.1) is 24.8 Å². The van der Waals surface area contributed by atoms with Gasteiger partial charge in [-0.2, -0.15) is 0 Å². The van der Waals surface area contributed by atoms with Gasteiger partial charge in [-0.1, -0.05) is 32.1 Å². The summed E-state index contributed by atoms with van der Waals surface area (Å²) in [6.45, 7) is 0. The van der Waals surface area contributed by atoms with Gasteiger partial charge in [-0.3, -0.25) is 0 Å². The van der Waals surface area contributed by atoms with Gasteiger partial charge in [0.25, 0.3) is 0 Å². The normalized spacial score (nSPS) is 16.0. The van der Waals surface area contributed by atoms with E-state index < -0.39 is 7.32 Å². The summed E-state index contributed by atoms with van der Waals surface area (Å²) in [6.07, 6.45) is 15.1. The van der Waals surface area contributed by atoms with E-state index in [1.807, 2.05) is 0 Å². The van der Waals surface area contributed by atoms with Crippen molar-refractivity contribution in [2.24, 2.45) is 0 Å². The Morgan fingerprint density at radius 2 is 1.35 bits per heavy atom. The van der Waals surface area contributed by atoms with E-state index in [0.717, 1.165) is 12.8 Å². The van der Waals surface area contributed by atoms with E-state index >= 15 is 0 Å². The molecule has 0 atom stereocenters. The Hall–Kier alpha value is -0.319. The van der Waals surface area contributed by atoms with Gasteiger partial charge < -0.3 is 14.2 Å². The molecule has 23 heavy (non-hydrogen) atoms. The molecular weight excluding hydrogens is 322 g/mol. The molecule has 2 aromatic rings. The largest absolute Gasteiger partial charge is 0.831 e. The first-order valence-corrected chi connectivity index (χ1v) is 7.89. The van der Waals surface area contributed by atoms with Crippen LogP contribution in [0.15, 0.2) is 36.9 Å². The third kappa shape index (κ3) is 6.60. The molecule has 0 spiro atoms. The summed E-state index contributed by atoms with van der Waals surface area (Å²) in [5.41, 5.74) is 0. The SMILES string of the molecule is [KH].c1cnn(OB(OC2CCCCCCC2)On2cccn2)c1. The number of hydrogen-bond acceptors (Lipinski definition) is 5. The molecule has 0 amide bonds. The summed E-state index contributed by atoms with van der Waals surface area (Å²) in [6, 6.07) is 3.56. The van der Waals surface area contributed by atoms with Crippen LogP contribution in [-0.2, 0) is 4.65 Å². The van der Waals surface area contributed by atoms with Gasteiger partial charge in [-0.15, -0.1) is 19.9 Å². The molecule has 0 unspecified atom stereocenters. The van der Waals surface area contributed by atoms with Crippen LogP contribution in [0.3, 0.4) is 0 Å². The molecule has 2 aromatic heterocycles. The van der Waals surface area contributed by atoms with Crippen LogP contribution in [0.4, 0.5) is 0 Å². The van der Waals surface area contributed by atoms with Crippen LogP contribution in [0.5, 0.6) is 0 Å². The van der Waals surface area contributed by atoms with E-state index in [4.69, 9.17) is 14.2 Å². The van der Waals surface area contributed by atoms with Crippen molar-refractivity contribution in [1.29, 1.82) is 0 Å². The summed E-state index contributed by atoms with van der Waals surface area (Å²) in [5, 5.41) is 8.03. The van der Waals surface area contributed by atoms with Crippen molar-refractivity contribution in [3.05, 3.63) is 36.9 Å². The molecule has 0 saturated heterocycles. The minimum Gasteiger partial charge on any atom is -0.393 e. The zero-order chi connectivity index (χ0) is 15.0. The molecule has 0 N–H and O–H groups in total. The Labute approximate surface area is 179 Å². The molecule has 3 rings (SSSR count). The standard InChI is InChI=1S/C14H21BN4O3.K.H/c1-2-4-8-14(9-5-3-1)20-15(21-18-12-6-10-16-18)22-19-13-7-11-17-19;;/h6-7,10-14H,1-5,8-9H2;;. The van der Waals surface area contributed by atoms with E-state index in [2.05, 4.69) is 10.2 Å². The Morgan fingerprint density at radius 1 is 0.826 bits per heavy atom. The maximum absolute atomic E-state index is 6.01. The second kappa shape index (κ2) is 10.5. The maximum atomic E-state index is 6.01. The fourth-order valence-electron chi connectivity index (χ4n) is 2.59. The van der Waals surface area contributed by atoms with Gasteiger partial charge >= 0.3 is 58.7 Å². The van der Waals surface area contributed by atoms with Crippen LogP contribution in [0, 0.1) is 0 Å². The number of hydrogen-bond donors (Lipinski definition) is 0. The monoisotopic (exact) mass is 344 g/mol. The molecule has 120 valence electrons. The van der Waals surface area contributed by atoms with Crippen molar-refractivity contribution in [2.45, 2.75) is 51.0 Å². The minimum absolute atomic E-state index is 0. The summed E-state index contributed by atoms with van der Waals surface area (Å²) in [7, 11) is -0.885. The fourth-order valence-corrected chi connectivity index (χ4v) is 2.59. The van der Waals surface area contributed by atoms with E-state index in [1.165, 1.54) is 41.8 Å². The molecule has 1 aliphatic carbocycles. The molecule has 7 nitrogen and oxygen atoms in total. The van der Waals surface area contributed by atoms with E-state index in [0.29, 0.717) is 0 Å². The molecular formula is C14H22BKN4O3. The number of nitrogens with zero attached hydrogens (tertiary/aromatic N) is 4. The van der Waals surface area contributed by atoms with Gasteiger partial charge in [-0.25, -0.2) is 0 Å². The molecule has 2 heterocycles. The van der Waals surface area contributed by atoms with Crippen molar-refractivity contribution in [3.8, 4) is 0 Å². The zero-order valence-electron chi connectivity index (χ0n) is 12.6. The van der Waals surface area contributed by atoms with Crippen molar-refractivity contribution in [1.82, 2.24) is 19.9 Å². The molecule has 9 heteroatoms. The number of aromatic nitrogens is 4. The third-order valence-electron chi connectivity index (χ3n) is 3.70. The third-order valence-corrected chi connectivity index (χ3v) is 3.70. The summed E-state index contributed by atoms with van der Waals surface area (Å²) in [5.74, 6) is 0. The van der Waals surface area contributed by atoms with Gasteiger partial charge in [0, 0.05) is 6.10 Å². The van der Waals surface area contributed by atoms with Gasteiger partial charge in [0.2, 0.25) is 0 Å². The Morgan fingerprint density at radius 3 is 1.83 bits per heavy atom. The van der Waals surface area contributed by atoms with Gasteiger partial charge in [0.1, 0.15) is 0 Å². The molecule has 0 bridgehead atoms. The van der Waals surface area contributed by atoms with Crippen molar-refractivity contribution in [3.63, 3.8) is 0 Å². The number of rotatable bonds is 6. The fraction of sp³-hybridized carbons (Fsp3) is 0.571. The van der Waals surface area contributed by atoms with Crippen molar-refractivity contribution < 1.29 is 14.2 Å². The Bertz CT molecular complexity index is 482. The predicted octanol–water partition coefficient (Wildman–Crippen LogP) is 1.10. The van der Waals surface area contributed by atoms with Crippen LogP contribution in [0.2, 0.25) is 0 Å². The van der Waals surface area contributed by atoms with E-state index in [-0.39, 0.29) is 57.5 Å². The minimum atomic E-state index is -0.885. The molecule has 0 aromatic carbocycles. The first kappa shape index (κ1) is 19.0. The topological polar surface area (TPSA) is 63.3 Å². The second-order valence-electron chi connectivity index (χ2n) is 5.42. The van der Waals surface area contributed by atoms with Crippen LogP contribution >= 0.6 is 0 Å². The summed E-state index contributed by atoms with van der Waals surface area (Å²) < 4.78 is 17.2. The Kier molecular flexibility index (Phi) is 8.70. The van der Waals surface area contributed by atoms with E-state index in [9.17, 15) is 0 Å². The maximum Gasteiger partial charge on any atom is 0.831 e. The molecule has 1 fully saturated rings. The quantitative estimate of drug-likeness (QED) is 0.735. The van der Waals surface area contributed by atoms with Crippen LogP contribution in [-0.4, -0.2) is 84.7 Å². The molecule has 0 radical (unpaired) electrons. The molecule has 0 aliphatic heterocycles. The first-order valence-electron chi connectivity index (χ1n) is 7.89. The van der Waals surface area contributed by atoms with Gasteiger partial charge in [-0.05, 0) is 25.0 Å². The molecule has 1 aliphatic rings. The van der Waals surface area contributed by atoms with Gasteiger partial charge in [0.15, 0.2) is 0 Å². The Balaban J connectivity index is 0.00000192. The smallest absolute Gasteiger partial charge is 0.393 e. The average Bonchev–Trinajstić information content (AvgIpc) is 3.15. The van der Waals surface area contributed by atoms with E-state index in [1.54, 1.807) is 36.9 Å². The predicted molar refractivity (Wildman–Crippen MR) is 87.7 cm³/mol. The van der Waals surface area contributed by atoms with Crippen molar-refractivity contribution >= 4 is 58.7 Å². The van der Waals surface area contributed by atoms with Crippen molar-refractivity contribution in [2.75, 3.05) is 0 Å². The summed E-state index contributed by atoms with van der Waals surface area (Å²) in [4.78, 5) is 2.66. The second-order valence-corrected chi connectivity index (χ2v) is 5.42. The van der Waals surface area contributed by atoms with Crippen LogP contribution in [0.25, 0.3) is 0 Å². The summed E-state index contributed by atoms with van der Waals surface area (Å²) >= 11 is 0. The van der Waals surface area contributed by atoms with Crippen LogP contribution < -0.4 is 9.51 Å². The molecule has 1 saturated carbocycles. The average molecular weight is 344 g/mol. The van der Waals surface area contributed by atoms with Crippen LogP contribution in [0.1, 0.15) is 44.9 Å². The zero-order valence-corrected chi connectivity index (χ0v) is 12.6.